The van der Waals surface area contributed by atoms with Crippen LogP contribution in [0.15, 0.2) is 82.7 Å². The van der Waals surface area contributed by atoms with E-state index in [0.29, 0.717) is 38.5 Å². The van der Waals surface area contributed by atoms with Crippen molar-refractivity contribution in [1.82, 2.24) is 0 Å². The molecule has 3 aromatic rings. The molecule has 8 nitrogen and oxygen atoms in total. The number of non-ortho nitro benzene ring substituents is 1. The maximum atomic E-state index is 13.3. The summed E-state index contributed by atoms with van der Waals surface area (Å²) < 4.78 is 10.4. The summed E-state index contributed by atoms with van der Waals surface area (Å²) in [5.74, 6) is 1.14. The number of amidine groups is 1. The summed E-state index contributed by atoms with van der Waals surface area (Å²) in [5.41, 5.74) is 1.98. The molecule has 1 aliphatic heterocycles. The summed E-state index contributed by atoms with van der Waals surface area (Å²) >= 11 is 1.23. The van der Waals surface area contributed by atoms with Crippen molar-refractivity contribution in [3.8, 4) is 11.5 Å². The van der Waals surface area contributed by atoms with Crippen LogP contribution >= 0.6 is 11.8 Å². The fourth-order valence-corrected chi connectivity index (χ4v) is 4.12. The summed E-state index contributed by atoms with van der Waals surface area (Å²) in [6.07, 6.45) is 1.70. The monoisotopic (exact) mass is 461 g/mol. The Kier molecular flexibility index (Phi) is 6.41. The Morgan fingerprint density at radius 2 is 1.48 bits per heavy atom. The third kappa shape index (κ3) is 4.88. The standard InChI is InChI=1S/C24H19N3O5S/c1-31-20-11-5-17(6-12-20)25-24-26(18-9-13-21(32-2)14-10-18)23(28)22(33-24)15-16-3-7-19(8-4-16)27(29)30/h3-15H,1-2H3/b22-15-,25-24?. The van der Waals surface area contributed by atoms with Crippen LogP contribution in [0.1, 0.15) is 5.56 Å². The first-order valence-electron chi connectivity index (χ1n) is 9.84. The molecule has 0 unspecified atom stereocenters. The smallest absolute Gasteiger partial charge is 0.271 e. The van der Waals surface area contributed by atoms with Gasteiger partial charge in [0.15, 0.2) is 5.17 Å². The van der Waals surface area contributed by atoms with E-state index in [1.54, 1.807) is 81.0 Å². The minimum Gasteiger partial charge on any atom is -0.497 e. The molecule has 0 spiro atoms. The lowest BCUT2D eigenvalue weighted by Crippen LogP contribution is -2.28. The first kappa shape index (κ1) is 22.1. The summed E-state index contributed by atoms with van der Waals surface area (Å²) in [6, 6.07) is 20.4. The lowest BCUT2D eigenvalue weighted by Gasteiger charge is -2.16. The molecular formula is C24H19N3O5S. The van der Waals surface area contributed by atoms with E-state index < -0.39 is 4.92 Å². The first-order valence-corrected chi connectivity index (χ1v) is 10.7. The van der Waals surface area contributed by atoms with E-state index in [4.69, 9.17) is 9.47 Å². The molecule has 3 aromatic carbocycles. The molecule has 0 atom stereocenters. The number of methoxy groups -OCH3 is 2. The van der Waals surface area contributed by atoms with Crippen molar-refractivity contribution in [1.29, 1.82) is 0 Å². The zero-order valence-corrected chi connectivity index (χ0v) is 18.6. The third-order valence-electron chi connectivity index (χ3n) is 4.84. The van der Waals surface area contributed by atoms with Crippen molar-refractivity contribution in [2.45, 2.75) is 0 Å². The lowest BCUT2D eigenvalue weighted by molar-refractivity contribution is -0.384. The molecule has 1 fully saturated rings. The largest absolute Gasteiger partial charge is 0.497 e. The van der Waals surface area contributed by atoms with Crippen LogP contribution < -0.4 is 14.4 Å². The second kappa shape index (κ2) is 9.58. The molecule has 0 aromatic heterocycles. The number of ether oxygens (including phenoxy) is 2. The van der Waals surface area contributed by atoms with Gasteiger partial charge in [0.25, 0.3) is 11.6 Å². The van der Waals surface area contributed by atoms with Crippen LogP contribution in [0.2, 0.25) is 0 Å². The normalized spacial score (nSPS) is 15.8. The molecule has 166 valence electrons. The van der Waals surface area contributed by atoms with Gasteiger partial charge in [0.2, 0.25) is 0 Å². The third-order valence-corrected chi connectivity index (χ3v) is 5.80. The number of aliphatic imine (C=N–C) groups is 1. The molecule has 1 saturated heterocycles. The molecule has 33 heavy (non-hydrogen) atoms. The molecule has 0 saturated carbocycles. The van der Waals surface area contributed by atoms with E-state index in [0.717, 1.165) is 0 Å². The van der Waals surface area contributed by atoms with E-state index >= 15 is 0 Å². The molecule has 0 aliphatic carbocycles. The average Bonchev–Trinajstić information content (AvgIpc) is 3.14. The number of nitro benzene ring substituents is 1. The Morgan fingerprint density at radius 1 is 0.909 bits per heavy atom. The SMILES string of the molecule is COc1ccc(N=C2S/C(=C\c3ccc([N+](=O)[O-])cc3)C(=O)N2c2ccc(OC)cc2)cc1. The summed E-state index contributed by atoms with van der Waals surface area (Å²) in [7, 11) is 3.17. The van der Waals surface area contributed by atoms with Crippen LogP contribution in [0.25, 0.3) is 6.08 Å². The molecule has 0 bridgehead atoms. The predicted molar refractivity (Wildman–Crippen MR) is 129 cm³/mol. The van der Waals surface area contributed by atoms with Crippen LogP contribution in [-0.2, 0) is 4.79 Å². The van der Waals surface area contributed by atoms with Crippen molar-refractivity contribution in [3.05, 3.63) is 93.4 Å². The van der Waals surface area contributed by atoms with Gasteiger partial charge in [0.05, 0.1) is 35.4 Å². The van der Waals surface area contributed by atoms with Gasteiger partial charge in [-0.3, -0.25) is 19.8 Å². The summed E-state index contributed by atoms with van der Waals surface area (Å²) in [6.45, 7) is 0. The number of hydrogen-bond acceptors (Lipinski definition) is 7. The van der Waals surface area contributed by atoms with Gasteiger partial charge in [-0.25, -0.2) is 4.99 Å². The molecular weight excluding hydrogens is 442 g/mol. The van der Waals surface area contributed by atoms with E-state index in [1.165, 1.54) is 28.8 Å². The molecule has 1 amide bonds. The zero-order chi connectivity index (χ0) is 23.4. The van der Waals surface area contributed by atoms with Gasteiger partial charge >= 0.3 is 0 Å². The topological polar surface area (TPSA) is 94.3 Å². The highest BCUT2D eigenvalue weighted by molar-refractivity contribution is 8.19. The Labute approximate surface area is 194 Å². The van der Waals surface area contributed by atoms with Crippen molar-refractivity contribution in [2.24, 2.45) is 4.99 Å². The van der Waals surface area contributed by atoms with Crippen molar-refractivity contribution >= 4 is 46.0 Å². The van der Waals surface area contributed by atoms with E-state index in [1.807, 2.05) is 0 Å². The number of amides is 1. The highest BCUT2D eigenvalue weighted by atomic mass is 32.2. The highest BCUT2D eigenvalue weighted by Gasteiger charge is 2.34. The molecule has 9 heteroatoms. The highest BCUT2D eigenvalue weighted by Crippen LogP contribution is 2.38. The number of carbonyl (C=O) groups excluding carboxylic acids is 1. The molecule has 0 N–H and O–H groups in total. The van der Waals surface area contributed by atoms with E-state index in [-0.39, 0.29) is 11.6 Å². The molecule has 0 radical (unpaired) electrons. The fraction of sp³-hybridized carbons (Fsp3) is 0.0833. The van der Waals surface area contributed by atoms with Gasteiger partial charge < -0.3 is 9.47 Å². The second-order valence-corrected chi connectivity index (χ2v) is 7.90. The van der Waals surface area contributed by atoms with E-state index in [9.17, 15) is 14.9 Å². The molecule has 4 rings (SSSR count). The number of benzene rings is 3. The average molecular weight is 461 g/mol. The maximum absolute atomic E-state index is 13.3. The zero-order valence-electron chi connectivity index (χ0n) is 17.8. The van der Waals surface area contributed by atoms with Gasteiger partial charge in [-0.05, 0) is 84.1 Å². The number of anilines is 1. The Bertz CT molecular complexity index is 1240. The predicted octanol–water partition coefficient (Wildman–Crippen LogP) is 5.42. The first-order chi connectivity index (χ1) is 16.0. The van der Waals surface area contributed by atoms with Gasteiger partial charge in [0, 0.05) is 12.1 Å². The fourth-order valence-electron chi connectivity index (χ4n) is 3.12. The Hall–Kier alpha value is -4.11. The molecule has 1 aliphatic rings. The maximum Gasteiger partial charge on any atom is 0.271 e. The Morgan fingerprint density at radius 3 is 2.03 bits per heavy atom. The van der Waals surface area contributed by atoms with Crippen molar-refractivity contribution < 1.29 is 19.2 Å². The number of carbonyl (C=O) groups is 1. The van der Waals surface area contributed by atoms with Gasteiger partial charge in [-0.15, -0.1) is 0 Å². The quantitative estimate of drug-likeness (QED) is 0.276. The number of nitrogens with zero attached hydrogens (tertiary/aromatic N) is 3. The van der Waals surface area contributed by atoms with Crippen molar-refractivity contribution in [2.75, 3.05) is 19.1 Å². The second-order valence-electron chi connectivity index (χ2n) is 6.89. The number of thioether (sulfide) groups is 1. The van der Waals surface area contributed by atoms with Crippen LogP contribution in [0, 0.1) is 10.1 Å². The van der Waals surface area contributed by atoms with Gasteiger partial charge in [-0.2, -0.15) is 0 Å². The summed E-state index contributed by atoms with van der Waals surface area (Å²) in [4.78, 5) is 30.4. The molecule has 1 heterocycles. The van der Waals surface area contributed by atoms with Gasteiger partial charge in [-0.1, -0.05) is 0 Å². The number of nitro groups is 1. The minimum absolute atomic E-state index is 0.0100. The van der Waals surface area contributed by atoms with Crippen LogP contribution in [0.3, 0.4) is 0 Å². The van der Waals surface area contributed by atoms with Crippen molar-refractivity contribution in [3.63, 3.8) is 0 Å². The Balaban J connectivity index is 1.72. The van der Waals surface area contributed by atoms with Crippen LogP contribution in [-0.4, -0.2) is 30.2 Å². The van der Waals surface area contributed by atoms with Crippen LogP contribution in [0.4, 0.5) is 17.1 Å². The van der Waals surface area contributed by atoms with Crippen LogP contribution in [0.5, 0.6) is 11.5 Å². The minimum atomic E-state index is -0.461. The summed E-state index contributed by atoms with van der Waals surface area (Å²) in [5, 5.41) is 11.4. The lowest BCUT2D eigenvalue weighted by atomic mass is 10.2. The number of rotatable bonds is 6. The number of hydrogen-bond donors (Lipinski definition) is 0. The van der Waals surface area contributed by atoms with E-state index in [2.05, 4.69) is 4.99 Å². The van der Waals surface area contributed by atoms with Gasteiger partial charge in [0.1, 0.15) is 11.5 Å².